The van der Waals surface area contributed by atoms with Gasteiger partial charge in [0, 0.05) is 17.0 Å². The molecule has 0 aromatic heterocycles. The van der Waals surface area contributed by atoms with Crippen LogP contribution in [-0.4, -0.2) is 0 Å². The largest absolute Gasteiger partial charge is 0.457 e. The number of ether oxygens (including phenoxy) is 1. The molecule has 1 aliphatic rings. The lowest BCUT2D eigenvalue weighted by atomic mass is 9.86. The van der Waals surface area contributed by atoms with E-state index in [4.69, 9.17) is 4.74 Å². The van der Waals surface area contributed by atoms with Crippen molar-refractivity contribution in [1.29, 1.82) is 0 Å². The molecule has 1 unspecified atom stereocenters. The Morgan fingerprint density at radius 2 is 1.23 bits per heavy atom. The first kappa shape index (κ1) is 15.0. The average molecular weight is 334 g/mol. The minimum atomic E-state index is 0.180. The van der Waals surface area contributed by atoms with Crippen LogP contribution in [0.25, 0.3) is 16.5 Å². The first-order valence-corrected chi connectivity index (χ1v) is 8.91. The summed E-state index contributed by atoms with van der Waals surface area (Å²) in [6.07, 6.45) is 2.24. The molecule has 5 rings (SSSR count). The second kappa shape index (κ2) is 6.20. The van der Waals surface area contributed by atoms with Crippen molar-refractivity contribution in [3.8, 4) is 5.75 Å². The fourth-order valence-electron chi connectivity index (χ4n) is 3.66. The molecule has 4 aromatic rings. The number of hydrogen-bond acceptors (Lipinski definition) is 1. The molecule has 0 N–H and O–H groups in total. The monoisotopic (exact) mass is 334 g/mol. The maximum absolute atomic E-state index is 6.34. The maximum atomic E-state index is 6.34. The summed E-state index contributed by atoms with van der Waals surface area (Å²) >= 11 is 0. The molecule has 4 aromatic carbocycles. The van der Waals surface area contributed by atoms with Gasteiger partial charge < -0.3 is 4.74 Å². The van der Waals surface area contributed by atoms with Crippen LogP contribution in [-0.2, 0) is 0 Å². The average Bonchev–Trinajstić information content (AvgIpc) is 2.73. The van der Waals surface area contributed by atoms with E-state index in [-0.39, 0.29) is 5.92 Å². The van der Waals surface area contributed by atoms with E-state index in [1.807, 2.05) is 18.2 Å². The lowest BCUT2D eigenvalue weighted by Gasteiger charge is -2.26. The summed E-state index contributed by atoms with van der Waals surface area (Å²) in [6, 6.07) is 33.8. The van der Waals surface area contributed by atoms with Crippen molar-refractivity contribution in [2.75, 3.05) is 0 Å². The molecule has 0 spiro atoms. The van der Waals surface area contributed by atoms with Crippen molar-refractivity contribution < 1.29 is 4.74 Å². The van der Waals surface area contributed by atoms with E-state index in [0.717, 1.165) is 17.1 Å². The van der Waals surface area contributed by atoms with Crippen molar-refractivity contribution in [3.63, 3.8) is 0 Å². The van der Waals surface area contributed by atoms with Gasteiger partial charge >= 0.3 is 0 Å². The Hall–Kier alpha value is -3.32. The molecule has 0 bridgehead atoms. The molecule has 0 radical (unpaired) electrons. The minimum absolute atomic E-state index is 0.180. The number of fused-ring (bicyclic) bond motifs is 2. The normalized spacial score (nSPS) is 15.8. The van der Waals surface area contributed by atoms with Crippen LogP contribution < -0.4 is 4.74 Å². The van der Waals surface area contributed by atoms with Crippen molar-refractivity contribution in [3.05, 3.63) is 120 Å². The molecular weight excluding hydrogens is 316 g/mol. The van der Waals surface area contributed by atoms with Gasteiger partial charge in [-0.2, -0.15) is 0 Å². The number of rotatable bonds is 2. The van der Waals surface area contributed by atoms with E-state index in [1.54, 1.807) is 0 Å². The predicted molar refractivity (Wildman–Crippen MR) is 107 cm³/mol. The summed E-state index contributed by atoms with van der Waals surface area (Å²) in [5.74, 6) is 2.04. The topological polar surface area (TPSA) is 9.23 Å². The SMILES string of the molecule is C1=C(c2ccccc2)Oc2cc3ccccc3cc2C1c1ccccc1. The number of benzene rings is 4. The first-order valence-electron chi connectivity index (χ1n) is 8.91. The summed E-state index contributed by atoms with van der Waals surface area (Å²) in [7, 11) is 0. The van der Waals surface area contributed by atoms with Gasteiger partial charge in [0.05, 0.1) is 0 Å². The highest BCUT2D eigenvalue weighted by atomic mass is 16.5. The van der Waals surface area contributed by atoms with Crippen LogP contribution in [0, 0.1) is 0 Å². The van der Waals surface area contributed by atoms with E-state index in [1.165, 1.54) is 21.9 Å². The predicted octanol–water partition coefficient (Wildman–Crippen LogP) is 6.41. The third-order valence-corrected chi connectivity index (χ3v) is 4.97. The molecule has 124 valence electrons. The molecule has 0 fully saturated rings. The van der Waals surface area contributed by atoms with Crippen LogP contribution in [0.15, 0.2) is 103 Å². The van der Waals surface area contributed by atoms with Crippen molar-refractivity contribution in [1.82, 2.24) is 0 Å². The van der Waals surface area contributed by atoms with Gasteiger partial charge in [-0.05, 0) is 34.5 Å². The Labute approximate surface area is 153 Å². The Morgan fingerprint density at radius 3 is 1.96 bits per heavy atom. The first-order chi connectivity index (χ1) is 12.9. The highest BCUT2D eigenvalue weighted by Gasteiger charge is 2.24. The van der Waals surface area contributed by atoms with Crippen LogP contribution in [0.5, 0.6) is 5.75 Å². The van der Waals surface area contributed by atoms with Crippen molar-refractivity contribution in [2.45, 2.75) is 5.92 Å². The molecule has 0 saturated carbocycles. The van der Waals surface area contributed by atoms with Gasteiger partial charge in [-0.25, -0.2) is 0 Å². The molecule has 0 amide bonds. The lowest BCUT2D eigenvalue weighted by Crippen LogP contribution is -2.10. The molecular formula is C25H18O. The fraction of sp³-hybridized carbons (Fsp3) is 0.0400. The molecule has 26 heavy (non-hydrogen) atoms. The van der Waals surface area contributed by atoms with Gasteiger partial charge in [0.1, 0.15) is 11.5 Å². The molecule has 1 heterocycles. The van der Waals surface area contributed by atoms with Gasteiger partial charge in [-0.1, -0.05) is 84.9 Å². The maximum Gasteiger partial charge on any atom is 0.132 e. The molecule has 0 saturated heterocycles. The van der Waals surface area contributed by atoms with E-state index in [0.29, 0.717) is 0 Å². The van der Waals surface area contributed by atoms with Crippen molar-refractivity contribution >= 4 is 16.5 Å². The quantitative estimate of drug-likeness (QED) is 0.412. The standard InChI is InChI=1S/C25H18O/c1-3-9-18(10-4-1)22-17-24(19-11-5-2-6-12-19)26-25-16-21-14-8-7-13-20(21)15-23(22)25/h1-17,22H. The summed E-state index contributed by atoms with van der Waals surface area (Å²) in [4.78, 5) is 0. The van der Waals surface area contributed by atoms with Crippen LogP contribution in [0.1, 0.15) is 22.6 Å². The van der Waals surface area contributed by atoms with Crippen LogP contribution in [0.4, 0.5) is 0 Å². The third-order valence-electron chi connectivity index (χ3n) is 4.97. The molecule has 0 aliphatic carbocycles. The van der Waals surface area contributed by atoms with E-state index < -0.39 is 0 Å². The van der Waals surface area contributed by atoms with E-state index in [9.17, 15) is 0 Å². The molecule has 1 atom stereocenters. The van der Waals surface area contributed by atoms with Gasteiger partial charge in [0.25, 0.3) is 0 Å². The zero-order valence-corrected chi connectivity index (χ0v) is 14.3. The second-order valence-electron chi connectivity index (χ2n) is 6.62. The highest BCUT2D eigenvalue weighted by molar-refractivity contribution is 5.86. The summed E-state index contributed by atoms with van der Waals surface area (Å²) in [5.41, 5.74) is 3.60. The van der Waals surface area contributed by atoms with Crippen LogP contribution in [0.2, 0.25) is 0 Å². The summed E-state index contributed by atoms with van der Waals surface area (Å²) < 4.78 is 6.34. The second-order valence-corrected chi connectivity index (χ2v) is 6.62. The zero-order valence-electron chi connectivity index (χ0n) is 14.3. The van der Waals surface area contributed by atoms with Gasteiger partial charge in [-0.3, -0.25) is 0 Å². The Bertz CT molecular complexity index is 1090. The highest BCUT2D eigenvalue weighted by Crippen LogP contribution is 2.42. The summed E-state index contributed by atoms with van der Waals surface area (Å²) in [5, 5.41) is 2.44. The Kier molecular flexibility index (Phi) is 3.57. The van der Waals surface area contributed by atoms with Gasteiger partial charge in [0.2, 0.25) is 0 Å². The third kappa shape index (κ3) is 2.58. The molecule has 1 nitrogen and oxygen atoms in total. The Balaban J connectivity index is 1.72. The zero-order chi connectivity index (χ0) is 17.3. The summed E-state index contributed by atoms with van der Waals surface area (Å²) in [6.45, 7) is 0. The minimum Gasteiger partial charge on any atom is -0.457 e. The fourth-order valence-corrected chi connectivity index (χ4v) is 3.66. The van der Waals surface area contributed by atoms with Crippen molar-refractivity contribution in [2.24, 2.45) is 0 Å². The number of hydrogen-bond donors (Lipinski definition) is 0. The van der Waals surface area contributed by atoms with Gasteiger partial charge in [-0.15, -0.1) is 0 Å². The van der Waals surface area contributed by atoms with Gasteiger partial charge in [0.15, 0.2) is 0 Å². The molecule has 1 heteroatoms. The smallest absolute Gasteiger partial charge is 0.132 e. The van der Waals surface area contributed by atoms with E-state index >= 15 is 0 Å². The lowest BCUT2D eigenvalue weighted by molar-refractivity contribution is 0.493. The Morgan fingerprint density at radius 1 is 0.615 bits per heavy atom. The van der Waals surface area contributed by atoms with E-state index in [2.05, 4.69) is 84.9 Å². The van der Waals surface area contributed by atoms with Crippen LogP contribution in [0.3, 0.4) is 0 Å². The molecule has 1 aliphatic heterocycles. The van der Waals surface area contributed by atoms with Crippen LogP contribution >= 0.6 is 0 Å². The number of allylic oxidation sites excluding steroid dienone is 1.